The minimum Gasteiger partial charge on any atom is -0.464 e. The number of nitrogens with one attached hydrogen (secondary N) is 2. The summed E-state index contributed by atoms with van der Waals surface area (Å²) in [5.41, 5.74) is 6.07. The van der Waals surface area contributed by atoms with Gasteiger partial charge in [-0.05, 0) is 25.1 Å². The van der Waals surface area contributed by atoms with E-state index in [0.29, 0.717) is 0 Å². The molecule has 21 heavy (non-hydrogen) atoms. The Kier molecular flexibility index (Phi) is 3.99. The third-order valence-corrected chi connectivity index (χ3v) is 2.83. The first kappa shape index (κ1) is 14.7. The molecule has 1 unspecified atom stereocenters. The molecule has 1 aliphatic rings. The first-order chi connectivity index (χ1) is 9.93. The van der Waals surface area contributed by atoms with E-state index >= 15 is 0 Å². The standard InChI is InChI=1S/C13H13N3O5/c1-2-21-13(20)9(14)12(19)15-6-3-4-7-8(5-6)11(18)16-10(7)17/h3-5,9H,2,14H2,1H3,(H,15,19)(H,16,17,18). The smallest absolute Gasteiger partial charge is 0.332 e. The molecule has 0 spiro atoms. The van der Waals surface area contributed by atoms with Crippen LogP contribution in [0.25, 0.3) is 0 Å². The van der Waals surface area contributed by atoms with Gasteiger partial charge in [-0.3, -0.25) is 19.7 Å². The number of hydrogen-bond donors (Lipinski definition) is 3. The Balaban J connectivity index is 2.13. The summed E-state index contributed by atoms with van der Waals surface area (Å²) in [6.07, 6.45) is 0. The summed E-state index contributed by atoms with van der Waals surface area (Å²) in [6, 6.07) is 2.72. The maximum atomic E-state index is 11.8. The number of nitrogens with two attached hydrogens (primary N) is 1. The van der Waals surface area contributed by atoms with Crippen LogP contribution >= 0.6 is 0 Å². The summed E-state index contributed by atoms with van der Waals surface area (Å²) in [6.45, 7) is 1.71. The average Bonchev–Trinajstić information content (AvgIpc) is 2.73. The zero-order valence-electron chi connectivity index (χ0n) is 11.1. The van der Waals surface area contributed by atoms with Gasteiger partial charge < -0.3 is 15.8 Å². The fraction of sp³-hybridized carbons (Fsp3) is 0.231. The van der Waals surface area contributed by atoms with Gasteiger partial charge >= 0.3 is 5.97 Å². The largest absolute Gasteiger partial charge is 0.464 e. The normalized spacial score (nSPS) is 14.2. The van der Waals surface area contributed by atoms with Gasteiger partial charge in [0.25, 0.3) is 17.7 Å². The summed E-state index contributed by atoms with van der Waals surface area (Å²) in [5, 5.41) is 4.52. The number of benzene rings is 1. The van der Waals surface area contributed by atoms with Crippen molar-refractivity contribution in [3.63, 3.8) is 0 Å². The Hall–Kier alpha value is -2.74. The molecule has 1 atom stereocenters. The van der Waals surface area contributed by atoms with Gasteiger partial charge in [0.1, 0.15) is 0 Å². The summed E-state index contributed by atoms with van der Waals surface area (Å²) >= 11 is 0. The van der Waals surface area contributed by atoms with Crippen molar-refractivity contribution in [3.8, 4) is 0 Å². The number of hydrogen-bond acceptors (Lipinski definition) is 6. The van der Waals surface area contributed by atoms with E-state index in [9.17, 15) is 19.2 Å². The molecule has 0 aliphatic carbocycles. The van der Waals surface area contributed by atoms with E-state index in [0.717, 1.165) is 0 Å². The van der Waals surface area contributed by atoms with Crippen LogP contribution in [0.4, 0.5) is 5.69 Å². The van der Waals surface area contributed by atoms with E-state index in [-0.39, 0.29) is 23.4 Å². The van der Waals surface area contributed by atoms with E-state index in [1.54, 1.807) is 6.92 Å². The van der Waals surface area contributed by atoms with Crippen molar-refractivity contribution < 1.29 is 23.9 Å². The van der Waals surface area contributed by atoms with Gasteiger partial charge in [-0.2, -0.15) is 0 Å². The van der Waals surface area contributed by atoms with Crippen molar-refractivity contribution in [1.29, 1.82) is 0 Å². The highest BCUT2D eigenvalue weighted by Gasteiger charge is 2.28. The highest BCUT2D eigenvalue weighted by molar-refractivity contribution is 6.22. The molecule has 0 saturated heterocycles. The number of imide groups is 1. The van der Waals surface area contributed by atoms with Crippen molar-refractivity contribution in [3.05, 3.63) is 29.3 Å². The second-order valence-electron chi connectivity index (χ2n) is 4.26. The summed E-state index contributed by atoms with van der Waals surface area (Å²) in [4.78, 5) is 46.0. The number of anilines is 1. The molecule has 0 saturated carbocycles. The van der Waals surface area contributed by atoms with Crippen molar-refractivity contribution in [2.45, 2.75) is 13.0 Å². The zero-order valence-corrected chi connectivity index (χ0v) is 11.1. The molecule has 2 rings (SSSR count). The number of fused-ring (bicyclic) bond motifs is 1. The topological polar surface area (TPSA) is 128 Å². The van der Waals surface area contributed by atoms with Crippen LogP contribution in [-0.4, -0.2) is 36.3 Å². The third kappa shape index (κ3) is 2.90. The second-order valence-corrected chi connectivity index (χ2v) is 4.26. The van der Waals surface area contributed by atoms with Crippen LogP contribution in [0.15, 0.2) is 18.2 Å². The molecule has 4 N–H and O–H groups in total. The number of ether oxygens (including phenoxy) is 1. The van der Waals surface area contributed by atoms with E-state index in [1.807, 2.05) is 0 Å². The number of amides is 3. The highest BCUT2D eigenvalue weighted by atomic mass is 16.5. The number of carbonyl (C=O) groups is 4. The molecule has 0 bridgehead atoms. The van der Waals surface area contributed by atoms with Gasteiger partial charge in [-0.1, -0.05) is 0 Å². The van der Waals surface area contributed by atoms with Crippen molar-refractivity contribution in [2.24, 2.45) is 5.73 Å². The molecule has 1 heterocycles. The number of carbonyl (C=O) groups excluding carboxylic acids is 4. The minimum absolute atomic E-state index is 0.112. The van der Waals surface area contributed by atoms with Crippen molar-refractivity contribution in [1.82, 2.24) is 5.32 Å². The van der Waals surface area contributed by atoms with Crippen molar-refractivity contribution in [2.75, 3.05) is 11.9 Å². The summed E-state index contributed by atoms with van der Waals surface area (Å²) in [7, 11) is 0. The SMILES string of the molecule is CCOC(=O)C(N)C(=O)Nc1ccc2c(c1)C(=O)NC2=O. The van der Waals surface area contributed by atoms with E-state index in [4.69, 9.17) is 5.73 Å². The Bertz CT molecular complexity index is 641. The Morgan fingerprint density at radius 3 is 2.62 bits per heavy atom. The Morgan fingerprint density at radius 1 is 1.29 bits per heavy atom. The molecule has 1 aromatic rings. The molecule has 110 valence electrons. The Labute approximate surface area is 119 Å². The molecule has 8 heteroatoms. The van der Waals surface area contributed by atoms with Crippen LogP contribution in [0.5, 0.6) is 0 Å². The lowest BCUT2D eigenvalue weighted by Crippen LogP contribution is -2.43. The molecule has 0 fully saturated rings. The monoisotopic (exact) mass is 291 g/mol. The van der Waals surface area contributed by atoms with E-state index < -0.39 is 29.7 Å². The van der Waals surface area contributed by atoms with E-state index in [2.05, 4.69) is 15.4 Å². The Morgan fingerprint density at radius 2 is 1.95 bits per heavy atom. The molecule has 1 aliphatic heterocycles. The number of rotatable bonds is 4. The lowest BCUT2D eigenvalue weighted by molar-refractivity contribution is -0.146. The lowest BCUT2D eigenvalue weighted by atomic mass is 10.1. The molecule has 1 aromatic carbocycles. The molecular formula is C13H13N3O5. The van der Waals surface area contributed by atoms with Gasteiger partial charge in [0, 0.05) is 5.69 Å². The lowest BCUT2D eigenvalue weighted by Gasteiger charge is -2.11. The molecule has 8 nitrogen and oxygen atoms in total. The quantitative estimate of drug-likeness (QED) is 0.386. The van der Waals surface area contributed by atoms with Gasteiger partial charge in [-0.15, -0.1) is 0 Å². The molecule has 3 amide bonds. The van der Waals surface area contributed by atoms with Gasteiger partial charge in [0.15, 0.2) is 6.04 Å². The van der Waals surface area contributed by atoms with Gasteiger partial charge in [0.05, 0.1) is 17.7 Å². The van der Waals surface area contributed by atoms with Crippen LogP contribution in [-0.2, 0) is 14.3 Å². The van der Waals surface area contributed by atoms with E-state index in [1.165, 1.54) is 18.2 Å². The third-order valence-electron chi connectivity index (χ3n) is 2.83. The highest BCUT2D eigenvalue weighted by Crippen LogP contribution is 2.20. The maximum absolute atomic E-state index is 11.8. The van der Waals surface area contributed by atoms with Crippen LogP contribution < -0.4 is 16.4 Å². The fourth-order valence-corrected chi connectivity index (χ4v) is 1.80. The van der Waals surface area contributed by atoms with Crippen LogP contribution in [0.1, 0.15) is 27.6 Å². The van der Waals surface area contributed by atoms with Crippen LogP contribution in [0.2, 0.25) is 0 Å². The first-order valence-electron chi connectivity index (χ1n) is 6.17. The predicted octanol–water partition coefficient (Wildman–Crippen LogP) is -0.601. The maximum Gasteiger partial charge on any atom is 0.332 e. The predicted molar refractivity (Wildman–Crippen MR) is 71.5 cm³/mol. The van der Waals surface area contributed by atoms with Gasteiger partial charge in [0.2, 0.25) is 0 Å². The summed E-state index contributed by atoms with van der Waals surface area (Å²) in [5.74, 6) is -2.64. The zero-order chi connectivity index (χ0) is 15.6. The van der Waals surface area contributed by atoms with Gasteiger partial charge in [-0.25, -0.2) is 4.79 Å². The average molecular weight is 291 g/mol. The number of esters is 1. The molecule has 0 aromatic heterocycles. The van der Waals surface area contributed by atoms with Crippen LogP contribution in [0.3, 0.4) is 0 Å². The molecule has 0 radical (unpaired) electrons. The summed E-state index contributed by atoms with van der Waals surface area (Å²) < 4.78 is 4.63. The first-order valence-corrected chi connectivity index (χ1v) is 6.17. The molecular weight excluding hydrogens is 278 g/mol. The van der Waals surface area contributed by atoms with Crippen molar-refractivity contribution >= 4 is 29.4 Å². The minimum atomic E-state index is -1.46. The second kappa shape index (κ2) is 5.71. The fourth-order valence-electron chi connectivity index (χ4n) is 1.80. The van der Waals surface area contributed by atoms with Crippen LogP contribution in [0, 0.1) is 0 Å².